The van der Waals surface area contributed by atoms with Crippen LogP contribution >= 0.6 is 0 Å². The van der Waals surface area contributed by atoms with Gasteiger partial charge in [-0.05, 0) is 46.0 Å². The molecule has 1 unspecified atom stereocenters. The number of ether oxygens (including phenoxy) is 1. The molecule has 0 spiro atoms. The molecule has 5 heteroatoms. The summed E-state index contributed by atoms with van der Waals surface area (Å²) in [6.07, 6.45) is 2.14. The van der Waals surface area contributed by atoms with Gasteiger partial charge in [0.05, 0.1) is 0 Å². The number of hydrogen-bond acceptors (Lipinski definition) is 3. The summed E-state index contributed by atoms with van der Waals surface area (Å²) in [5.41, 5.74) is -0.556. The van der Waals surface area contributed by atoms with Gasteiger partial charge in [-0.2, -0.15) is 0 Å². The predicted molar refractivity (Wildman–Crippen MR) is 73.8 cm³/mol. The van der Waals surface area contributed by atoms with Crippen LogP contribution in [0.15, 0.2) is 0 Å². The zero-order valence-corrected chi connectivity index (χ0v) is 12.6. The second kappa shape index (κ2) is 6.26. The number of hydrogen-bond donors (Lipinski definition) is 2. The van der Waals surface area contributed by atoms with Crippen LogP contribution < -0.4 is 10.6 Å². The van der Waals surface area contributed by atoms with Crippen molar-refractivity contribution in [3.8, 4) is 0 Å². The van der Waals surface area contributed by atoms with E-state index >= 15 is 0 Å². The Hall–Kier alpha value is -1.26. The average Bonchev–Trinajstić information content (AvgIpc) is 2.96. The maximum atomic E-state index is 12.0. The van der Waals surface area contributed by atoms with Crippen molar-refractivity contribution >= 4 is 12.0 Å². The van der Waals surface area contributed by atoms with E-state index in [1.165, 1.54) is 0 Å². The fraction of sp³-hybridized carbons (Fsp3) is 0.857. The standard InChI is InChI=1S/C14H26N2O3/c1-9(2)8-11(12(17)15-10-6-7-10)16-13(18)19-14(3,4)5/h9-11H,6-8H2,1-5H3,(H,15,17)(H,16,18). The molecule has 0 aromatic heterocycles. The number of nitrogens with one attached hydrogen (secondary N) is 2. The fourth-order valence-electron chi connectivity index (χ4n) is 1.68. The van der Waals surface area contributed by atoms with Crippen molar-refractivity contribution in [1.29, 1.82) is 0 Å². The molecule has 19 heavy (non-hydrogen) atoms. The van der Waals surface area contributed by atoms with E-state index < -0.39 is 17.7 Å². The van der Waals surface area contributed by atoms with Gasteiger partial charge in [-0.1, -0.05) is 13.8 Å². The van der Waals surface area contributed by atoms with E-state index in [-0.39, 0.29) is 5.91 Å². The third kappa shape index (κ3) is 7.03. The van der Waals surface area contributed by atoms with E-state index in [0.29, 0.717) is 18.4 Å². The highest BCUT2D eigenvalue weighted by atomic mass is 16.6. The van der Waals surface area contributed by atoms with Crippen molar-refractivity contribution in [1.82, 2.24) is 10.6 Å². The molecular weight excluding hydrogens is 244 g/mol. The van der Waals surface area contributed by atoms with E-state index in [9.17, 15) is 9.59 Å². The maximum absolute atomic E-state index is 12.0. The molecule has 1 fully saturated rings. The monoisotopic (exact) mass is 270 g/mol. The predicted octanol–water partition coefficient (Wildman–Crippen LogP) is 2.20. The van der Waals surface area contributed by atoms with Crippen molar-refractivity contribution in [3.63, 3.8) is 0 Å². The Labute approximate surface area is 115 Å². The molecule has 110 valence electrons. The van der Waals surface area contributed by atoms with E-state index in [1.54, 1.807) is 20.8 Å². The number of rotatable bonds is 5. The lowest BCUT2D eigenvalue weighted by molar-refractivity contribution is -0.123. The lowest BCUT2D eigenvalue weighted by Gasteiger charge is -2.24. The second-order valence-corrected chi connectivity index (χ2v) is 6.61. The summed E-state index contributed by atoms with van der Waals surface area (Å²) in [6.45, 7) is 9.44. The van der Waals surface area contributed by atoms with Gasteiger partial charge in [-0.15, -0.1) is 0 Å². The summed E-state index contributed by atoms with van der Waals surface area (Å²) in [5.74, 6) is 0.215. The number of amides is 2. The van der Waals surface area contributed by atoms with Gasteiger partial charge in [-0.25, -0.2) is 4.79 Å². The molecule has 2 N–H and O–H groups in total. The minimum atomic E-state index is -0.556. The molecule has 0 heterocycles. The molecule has 5 nitrogen and oxygen atoms in total. The Balaban J connectivity index is 2.52. The highest BCUT2D eigenvalue weighted by Gasteiger charge is 2.29. The van der Waals surface area contributed by atoms with Gasteiger partial charge in [0, 0.05) is 6.04 Å². The van der Waals surface area contributed by atoms with Gasteiger partial charge >= 0.3 is 6.09 Å². The van der Waals surface area contributed by atoms with Crippen molar-refractivity contribution in [2.24, 2.45) is 5.92 Å². The molecule has 1 rings (SSSR count). The Morgan fingerprint density at radius 1 is 1.26 bits per heavy atom. The third-order valence-corrected chi connectivity index (χ3v) is 2.64. The Morgan fingerprint density at radius 3 is 2.26 bits per heavy atom. The first-order valence-corrected chi connectivity index (χ1v) is 6.97. The summed E-state index contributed by atoms with van der Waals surface area (Å²) >= 11 is 0. The van der Waals surface area contributed by atoms with Crippen LogP contribution in [0.1, 0.15) is 53.9 Å². The molecule has 0 bridgehead atoms. The lowest BCUT2D eigenvalue weighted by atomic mass is 10.0. The summed E-state index contributed by atoms with van der Waals surface area (Å²) < 4.78 is 5.19. The molecule has 0 saturated heterocycles. The Bertz CT molecular complexity index is 330. The van der Waals surface area contributed by atoms with E-state index in [0.717, 1.165) is 12.8 Å². The van der Waals surface area contributed by atoms with Crippen LogP contribution in [0.3, 0.4) is 0 Å². The van der Waals surface area contributed by atoms with Crippen LogP contribution in [0.4, 0.5) is 4.79 Å². The molecule has 1 saturated carbocycles. The summed E-state index contributed by atoms with van der Waals surface area (Å²) in [6, 6.07) is -0.224. The van der Waals surface area contributed by atoms with Gasteiger partial charge < -0.3 is 15.4 Å². The summed E-state index contributed by atoms with van der Waals surface area (Å²) in [4.78, 5) is 23.8. The molecule has 0 aromatic carbocycles. The molecular formula is C14H26N2O3. The maximum Gasteiger partial charge on any atom is 0.408 e. The second-order valence-electron chi connectivity index (χ2n) is 6.61. The largest absolute Gasteiger partial charge is 0.444 e. The van der Waals surface area contributed by atoms with E-state index in [1.807, 2.05) is 13.8 Å². The third-order valence-electron chi connectivity index (χ3n) is 2.64. The van der Waals surface area contributed by atoms with Crippen LogP contribution in [0.25, 0.3) is 0 Å². The molecule has 0 aliphatic heterocycles. The van der Waals surface area contributed by atoms with Crippen LogP contribution in [-0.2, 0) is 9.53 Å². The first-order chi connectivity index (χ1) is 8.67. The van der Waals surface area contributed by atoms with E-state index in [2.05, 4.69) is 10.6 Å². The minimum Gasteiger partial charge on any atom is -0.444 e. The average molecular weight is 270 g/mol. The summed E-state index contributed by atoms with van der Waals surface area (Å²) in [5, 5.41) is 5.58. The molecule has 1 aliphatic rings. The van der Waals surface area contributed by atoms with E-state index in [4.69, 9.17) is 4.74 Å². The number of carbonyl (C=O) groups excluding carboxylic acids is 2. The van der Waals surface area contributed by atoms with Gasteiger partial charge in [0.15, 0.2) is 0 Å². The van der Waals surface area contributed by atoms with Crippen molar-refractivity contribution in [2.75, 3.05) is 0 Å². The van der Waals surface area contributed by atoms with Gasteiger partial charge in [0.1, 0.15) is 11.6 Å². The molecule has 2 amide bonds. The first kappa shape index (κ1) is 15.8. The molecule has 1 aliphatic carbocycles. The van der Waals surface area contributed by atoms with Crippen molar-refractivity contribution in [2.45, 2.75) is 71.6 Å². The van der Waals surface area contributed by atoms with Gasteiger partial charge in [0.2, 0.25) is 5.91 Å². The highest BCUT2D eigenvalue weighted by molar-refractivity contribution is 5.86. The lowest BCUT2D eigenvalue weighted by Crippen LogP contribution is -2.49. The first-order valence-electron chi connectivity index (χ1n) is 6.97. The normalized spacial score (nSPS) is 16.9. The number of carbonyl (C=O) groups is 2. The zero-order chi connectivity index (χ0) is 14.6. The fourth-order valence-corrected chi connectivity index (χ4v) is 1.68. The van der Waals surface area contributed by atoms with Gasteiger partial charge in [-0.3, -0.25) is 4.79 Å². The van der Waals surface area contributed by atoms with Crippen molar-refractivity contribution in [3.05, 3.63) is 0 Å². The Morgan fingerprint density at radius 2 is 1.84 bits per heavy atom. The van der Waals surface area contributed by atoms with Crippen LogP contribution in [-0.4, -0.2) is 29.7 Å². The summed E-state index contributed by atoms with van der Waals surface area (Å²) in [7, 11) is 0. The molecule has 0 radical (unpaired) electrons. The highest BCUT2D eigenvalue weighted by Crippen LogP contribution is 2.19. The smallest absolute Gasteiger partial charge is 0.408 e. The van der Waals surface area contributed by atoms with Gasteiger partial charge in [0.25, 0.3) is 0 Å². The number of alkyl carbamates (subject to hydrolysis) is 1. The Kier molecular flexibility index (Phi) is 5.20. The SMILES string of the molecule is CC(C)CC(NC(=O)OC(C)(C)C)C(=O)NC1CC1. The topological polar surface area (TPSA) is 67.4 Å². The van der Waals surface area contributed by atoms with Crippen molar-refractivity contribution < 1.29 is 14.3 Å². The zero-order valence-electron chi connectivity index (χ0n) is 12.6. The molecule has 1 atom stereocenters. The van der Waals surface area contributed by atoms with Crippen LogP contribution in [0, 0.1) is 5.92 Å². The quantitative estimate of drug-likeness (QED) is 0.805. The minimum absolute atomic E-state index is 0.109. The van der Waals surface area contributed by atoms with Crippen LogP contribution in [0.5, 0.6) is 0 Å². The molecule has 0 aromatic rings. The van der Waals surface area contributed by atoms with Crippen LogP contribution in [0.2, 0.25) is 0 Å².